The predicted octanol–water partition coefficient (Wildman–Crippen LogP) is 5.34. The first-order valence-electron chi connectivity index (χ1n) is 11.3. The molecule has 3 aromatic rings. The van der Waals surface area contributed by atoms with Crippen molar-refractivity contribution in [3.8, 4) is 0 Å². The van der Waals surface area contributed by atoms with Crippen molar-refractivity contribution in [2.24, 2.45) is 0 Å². The van der Waals surface area contributed by atoms with E-state index in [9.17, 15) is 9.59 Å². The van der Waals surface area contributed by atoms with E-state index in [2.05, 4.69) is 5.32 Å². The summed E-state index contributed by atoms with van der Waals surface area (Å²) in [6.45, 7) is 4.34. The number of hydrogen-bond acceptors (Lipinski definition) is 3. The molecule has 1 aliphatic rings. The number of carbonyl (C=O) groups excluding carboxylic acids is 2. The lowest BCUT2D eigenvalue weighted by Crippen LogP contribution is -2.45. The Morgan fingerprint density at radius 1 is 0.969 bits per heavy atom. The lowest BCUT2D eigenvalue weighted by Gasteiger charge is -2.32. The van der Waals surface area contributed by atoms with Crippen LogP contribution >= 0.6 is 0 Å². The SMILES string of the molecule is Cc1ccc(CN(C(=O)c2ccco2)[C@@H](C(=O)NC2CCCC2)c2ccc(C)cc2)cc1. The van der Waals surface area contributed by atoms with Gasteiger partial charge in [0, 0.05) is 12.6 Å². The van der Waals surface area contributed by atoms with Crippen molar-refractivity contribution in [2.75, 3.05) is 0 Å². The number of hydrogen-bond donors (Lipinski definition) is 1. The average Bonchev–Trinajstić information content (AvgIpc) is 3.50. The molecule has 0 bridgehead atoms. The summed E-state index contributed by atoms with van der Waals surface area (Å²) in [5, 5.41) is 3.20. The summed E-state index contributed by atoms with van der Waals surface area (Å²) < 4.78 is 5.43. The molecule has 0 unspecified atom stereocenters. The van der Waals surface area contributed by atoms with Crippen molar-refractivity contribution in [2.45, 2.75) is 58.2 Å². The molecule has 5 nitrogen and oxygen atoms in total. The zero-order chi connectivity index (χ0) is 22.5. The van der Waals surface area contributed by atoms with Gasteiger partial charge >= 0.3 is 0 Å². The van der Waals surface area contributed by atoms with Crippen molar-refractivity contribution < 1.29 is 14.0 Å². The summed E-state index contributed by atoms with van der Waals surface area (Å²) in [7, 11) is 0. The summed E-state index contributed by atoms with van der Waals surface area (Å²) in [5.74, 6) is -0.224. The van der Waals surface area contributed by atoms with Crippen LogP contribution in [0.4, 0.5) is 0 Å². The van der Waals surface area contributed by atoms with Crippen molar-refractivity contribution >= 4 is 11.8 Å². The second kappa shape index (κ2) is 9.86. The number of carbonyl (C=O) groups is 2. The molecular formula is C27H30N2O3. The molecule has 1 heterocycles. The van der Waals surface area contributed by atoms with Crippen molar-refractivity contribution in [1.29, 1.82) is 0 Å². The first-order chi connectivity index (χ1) is 15.5. The lowest BCUT2D eigenvalue weighted by atomic mass is 10.0. The van der Waals surface area contributed by atoms with Crippen LogP contribution in [0.5, 0.6) is 0 Å². The van der Waals surface area contributed by atoms with Gasteiger partial charge in [0.05, 0.1) is 6.26 Å². The normalized spacial score (nSPS) is 14.8. The third kappa shape index (κ3) is 5.10. The summed E-state index contributed by atoms with van der Waals surface area (Å²) in [4.78, 5) is 28.8. The second-order valence-corrected chi connectivity index (χ2v) is 8.70. The maximum absolute atomic E-state index is 13.6. The fourth-order valence-electron chi connectivity index (χ4n) is 4.28. The van der Waals surface area contributed by atoms with Gasteiger partial charge in [-0.2, -0.15) is 0 Å². The number of aryl methyl sites for hydroxylation is 2. The van der Waals surface area contributed by atoms with E-state index in [0.29, 0.717) is 6.54 Å². The zero-order valence-electron chi connectivity index (χ0n) is 18.7. The topological polar surface area (TPSA) is 62.6 Å². The van der Waals surface area contributed by atoms with Crippen molar-refractivity contribution in [3.63, 3.8) is 0 Å². The summed E-state index contributed by atoms with van der Waals surface area (Å²) in [6.07, 6.45) is 5.70. The van der Waals surface area contributed by atoms with Gasteiger partial charge in [-0.25, -0.2) is 0 Å². The molecule has 0 spiro atoms. The van der Waals surface area contributed by atoms with E-state index in [1.807, 2.05) is 62.4 Å². The Morgan fingerprint density at radius 2 is 1.59 bits per heavy atom. The Balaban J connectivity index is 1.73. The van der Waals surface area contributed by atoms with Crippen LogP contribution in [-0.4, -0.2) is 22.8 Å². The number of rotatable bonds is 7. The van der Waals surface area contributed by atoms with Crippen LogP contribution in [0.2, 0.25) is 0 Å². The molecular weight excluding hydrogens is 400 g/mol. The van der Waals surface area contributed by atoms with E-state index in [1.54, 1.807) is 17.0 Å². The highest BCUT2D eigenvalue weighted by molar-refractivity contribution is 5.96. The van der Waals surface area contributed by atoms with Crippen LogP contribution in [0.1, 0.15) is 64.5 Å². The lowest BCUT2D eigenvalue weighted by molar-refractivity contribution is -0.126. The minimum absolute atomic E-state index is 0.146. The molecule has 0 aliphatic heterocycles. The molecule has 0 saturated heterocycles. The van der Waals surface area contributed by atoms with Gasteiger partial charge in [-0.15, -0.1) is 0 Å². The van der Waals surface area contributed by atoms with Gasteiger partial charge in [-0.3, -0.25) is 9.59 Å². The number of nitrogens with one attached hydrogen (secondary N) is 1. The fraction of sp³-hybridized carbons (Fsp3) is 0.333. The molecule has 1 saturated carbocycles. The molecule has 1 atom stereocenters. The van der Waals surface area contributed by atoms with Crippen LogP contribution in [0, 0.1) is 13.8 Å². The predicted molar refractivity (Wildman–Crippen MR) is 124 cm³/mol. The van der Waals surface area contributed by atoms with Crippen molar-refractivity contribution in [3.05, 3.63) is 94.9 Å². The van der Waals surface area contributed by atoms with Gasteiger partial charge in [0.15, 0.2) is 5.76 Å². The molecule has 0 radical (unpaired) electrons. The fourth-order valence-corrected chi connectivity index (χ4v) is 4.28. The minimum Gasteiger partial charge on any atom is -0.459 e. The smallest absolute Gasteiger partial charge is 0.290 e. The third-order valence-electron chi connectivity index (χ3n) is 6.12. The second-order valence-electron chi connectivity index (χ2n) is 8.70. The molecule has 1 aliphatic carbocycles. The summed E-state index contributed by atoms with van der Waals surface area (Å²) in [6, 6.07) is 18.6. The Hall–Kier alpha value is -3.34. The number of nitrogens with zero attached hydrogens (tertiary/aromatic N) is 1. The minimum atomic E-state index is -0.755. The van der Waals surface area contributed by atoms with Gasteiger partial charge in [-0.1, -0.05) is 72.5 Å². The van der Waals surface area contributed by atoms with Gasteiger partial charge in [-0.05, 0) is 49.9 Å². The van der Waals surface area contributed by atoms with Crippen LogP contribution in [0.15, 0.2) is 71.3 Å². The molecule has 5 heteroatoms. The summed E-state index contributed by atoms with van der Waals surface area (Å²) >= 11 is 0. The Labute approximate surface area is 189 Å². The zero-order valence-corrected chi connectivity index (χ0v) is 18.7. The molecule has 2 amide bonds. The van der Waals surface area contributed by atoms with Gasteiger partial charge in [0.2, 0.25) is 5.91 Å². The van der Waals surface area contributed by atoms with Gasteiger partial charge in [0.1, 0.15) is 6.04 Å². The standard InChI is InChI=1S/C27H30N2O3/c1-19-9-13-21(14-10-19)18-29(27(31)24-8-5-17-32-24)25(22-15-11-20(2)12-16-22)26(30)28-23-6-3-4-7-23/h5,8-17,23,25H,3-4,6-7,18H2,1-2H3,(H,28,30)/t25-/m1/s1. The monoisotopic (exact) mass is 430 g/mol. The van der Waals surface area contributed by atoms with E-state index >= 15 is 0 Å². The Bertz CT molecular complexity index is 1030. The maximum atomic E-state index is 13.6. The Kier molecular flexibility index (Phi) is 6.74. The third-order valence-corrected chi connectivity index (χ3v) is 6.12. The molecule has 2 aromatic carbocycles. The van der Waals surface area contributed by atoms with E-state index in [4.69, 9.17) is 4.42 Å². The molecule has 1 aromatic heterocycles. The first kappa shape index (κ1) is 21.9. The van der Waals surface area contributed by atoms with Gasteiger partial charge < -0.3 is 14.6 Å². The molecule has 4 rings (SSSR count). The van der Waals surface area contributed by atoms with Gasteiger partial charge in [0.25, 0.3) is 5.91 Å². The number of furan rings is 1. The largest absolute Gasteiger partial charge is 0.459 e. The highest BCUT2D eigenvalue weighted by Crippen LogP contribution is 2.28. The van der Waals surface area contributed by atoms with E-state index in [1.165, 1.54) is 6.26 Å². The molecule has 1 N–H and O–H groups in total. The molecule has 1 fully saturated rings. The number of amides is 2. The van der Waals surface area contributed by atoms with Crippen LogP contribution in [0.3, 0.4) is 0 Å². The highest BCUT2D eigenvalue weighted by Gasteiger charge is 2.34. The van der Waals surface area contributed by atoms with E-state index < -0.39 is 6.04 Å². The van der Waals surface area contributed by atoms with E-state index in [0.717, 1.165) is 47.9 Å². The highest BCUT2D eigenvalue weighted by atomic mass is 16.3. The van der Waals surface area contributed by atoms with Crippen molar-refractivity contribution in [1.82, 2.24) is 10.2 Å². The van der Waals surface area contributed by atoms with E-state index in [-0.39, 0.29) is 23.6 Å². The van der Waals surface area contributed by atoms with Crippen LogP contribution in [0.25, 0.3) is 0 Å². The van der Waals surface area contributed by atoms with Crippen LogP contribution in [-0.2, 0) is 11.3 Å². The number of benzene rings is 2. The van der Waals surface area contributed by atoms with Crippen LogP contribution < -0.4 is 5.32 Å². The maximum Gasteiger partial charge on any atom is 0.290 e. The average molecular weight is 431 g/mol. The first-order valence-corrected chi connectivity index (χ1v) is 11.3. The molecule has 32 heavy (non-hydrogen) atoms. The molecule has 166 valence electrons. The quantitative estimate of drug-likeness (QED) is 0.550. The summed E-state index contributed by atoms with van der Waals surface area (Å²) in [5.41, 5.74) is 4.00. The Morgan fingerprint density at radius 3 is 2.19 bits per heavy atom.